The molecule has 0 aromatic heterocycles. The third-order valence-electron chi connectivity index (χ3n) is 3.45. The molecule has 0 saturated carbocycles. The van der Waals surface area contributed by atoms with Crippen LogP contribution in [0.2, 0.25) is 0 Å². The van der Waals surface area contributed by atoms with Crippen molar-refractivity contribution in [1.29, 1.82) is 5.26 Å². The summed E-state index contributed by atoms with van der Waals surface area (Å²) < 4.78 is 10.1. The van der Waals surface area contributed by atoms with Gasteiger partial charge in [0.05, 0.1) is 11.6 Å². The number of nitrogens with zero attached hydrogens (tertiary/aromatic N) is 1. The van der Waals surface area contributed by atoms with Crippen LogP contribution in [0.4, 0.5) is 5.69 Å². The Bertz CT molecular complexity index is 887. The Labute approximate surface area is 162 Å². The lowest BCUT2D eigenvalue weighted by atomic mass is 10.2. The summed E-state index contributed by atoms with van der Waals surface area (Å²) in [5, 5.41) is 13.9. The molecule has 8 nitrogen and oxygen atoms in total. The highest BCUT2D eigenvalue weighted by molar-refractivity contribution is 5.97. The third-order valence-corrected chi connectivity index (χ3v) is 3.45. The number of esters is 1. The molecule has 0 aliphatic heterocycles. The number of benzene rings is 2. The number of hydrogen-bond acceptors (Lipinski definition) is 6. The van der Waals surface area contributed by atoms with Gasteiger partial charge in [-0.15, -0.1) is 0 Å². The van der Waals surface area contributed by atoms with Crippen molar-refractivity contribution >= 4 is 23.5 Å². The molecule has 0 unspecified atom stereocenters. The summed E-state index contributed by atoms with van der Waals surface area (Å²) in [5.41, 5.74) is 1.30. The Balaban J connectivity index is 1.77. The van der Waals surface area contributed by atoms with Crippen LogP contribution in [-0.4, -0.2) is 37.5 Å². The largest absolute Gasteiger partial charge is 0.482 e. The zero-order valence-electron chi connectivity index (χ0n) is 15.2. The first-order valence-electron chi connectivity index (χ1n) is 8.48. The molecule has 0 saturated heterocycles. The Morgan fingerprint density at radius 1 is 1.07 bits per heavy atom. The highest BCUT2D eigenvalue weighted by atomic mass is 16.6. The van der Waals surface area contributed by atoms with E-state index < -0.39 is 18.5 Å². The Hall–Kier alpha value is -3.86. The highest BCUT2D eigenvalue weighted by Gasteiger charge is 2.10. The van der Waals surface area contributed by atoms with Crippen molar-refractivity contribution in [2.24, 2.45) is 0 Å². The monoisotopic (exact) mass is 381 g/mol. The molecular weight excluding hydrogens is 362 g/mol. The third kappa shape index (κ3) is 6.46. The zero-order chi connectivity index (χ0) is 20.4. The van der Waals surface area contributed by atoms with E-state index >= 15 is 0 Å². The second-order valence-electron chi connectivity index (χ2n) is 5.57. The van der Waals surface area contributed by atoms with E-state index in [2.05, 4.69) is 10.6 Å². The first-order chi connectivity index (χ1) is 13.5. The minimum absolute atomic E-state index is 0.245. The Kier molecular flexibility index (Phi) is 7.54. The van der Waals surface area contributed by atoms with Crippen LogP contribution < -0.4 is 15.4 Å². The maximum absolute atomic E-state index is 11.9. The van der Waals surface area contributed by atoms with Crippen LogP contribution >= 0.6 is 0 Å². The van der Waals surface area contributed by atoms with Gasteiger partial charge in [-0.25, -0.2) is 4.79 Å². The normalized spacial score (nSPS) is 9.71. The summed E-state index contributed by atoms with van der Waals surface area (Å²) in [4.78, 5) is 35.4. The fourth-order valence-electron chi connectivity index (χ4n) is 2.15. The second kappa shape index (κ2) is 10.3. The smallest absolute Gasteiger partial charge is 0.344 e. The lowest BCUT2D eigenvalue weighted by Crippen LogP contribution is -2.24. The molecule has 0 aliphatic rings. The van der Waals surface area contributed by atoms with Gasteiger partial charge < -0.3 is 20.1 Å². The zero-order valence-corrected chi connectivity index (χ0v) is 15.2. The number of hydrogen-bond donors (Lipinski definition) is 2. The van der Waals surface area contributed by atoms with E-state index in [9.17, 15) is 14.4 Å². The van der Waals surface area contributed by atoms with Crippen molar-refractivity contribution in [2.45, 2.75) is 6.92 Å². The number of anilines is 1. The van der Waals surface area contributed by atoms with Gasteiger partial charge in [0, 0.05) is 17.8 Å². The number of nitriles is 1. The average molecular weight is 381 g/mol. The molecule has 144 valence electrons. The summed E-state index contributed by atoms with van der Waals surface area (Å²) in [6.45, 7) is 1.45. The van der Waals surface area contributed by atoms with E-state index in [-0.39, 0.29) is 12.5 Å². The van der Waals surface area contributed by atoms with Crippen LogP contribution in [-0.2, 0) is 14.3 Å². The van der Waals surface area contributed by atoms with E-state index in [1.807, 2.05) is 13.0 Å². The molecule has 0 heterocycles. The van der Waals surface area contributed by atoms with Gasteiger partial charge in [-0.2, -0.15) is 5.26 Å². The summed E-state index contributed by atoms with van der Waals surface area (Å²) >= 11 is 0. The van der Waals surface area contributed by atoms with Gasteiger partial charge in [0.25, 0.3) is 11.8 Å². The predicted octanol–water partition coefficient (Wildman–Crippen LogP) is 1.87. The van der Waals surface area contributed by atoms with E-state index in [1.165, 1.54) is 6.07 Å². The van der Waals surface area contributed by atoms with E-state index in [0.29, 0.717) is 29.1 Å². The van der Waals surface area contributed by atoms with Gasteiger partial charge in [0.15, 0.2) is 13.2 Å². The molecule has 0 radical (unpaired) electrons. The maximum Gasteiger partial charge on any atom is 0.344 e. The molecule has 2 aromatic carbocycles. The molecule has 0 spiro atoms. The van der Waals surface area contributed by atoms with Gasteiger partial charge in [0.1, 0.15) is 5.75 Å². The topological polar surface area (TPSA) is 118 Å². The molecule has 2 amide bonds. The molecule has 2 rings (SSSR count). The second-order valence-corrected chi connectivity index (χ2v) is 5.57. The molecule has 0 atom stereocenters. The Morgan fingerprint density at radius 3 is 2.50 bits per heavy atom. The van der Waals surface area contributed by atoms with Crippen molar-refractivity contribution in [2.75, 3.05) is 25.1 Å². The van der Waals surface area contributed by atoms with Crippen molar-refractivity contribution < 1.29 is 23.9 Å². The number of amides is 2. The van der Waals surface area contributed by atoms with Crippen LogP contribution in [0, 0.1) is 11.3 Å². The standard InChI is InChI=1S/C20H19N3O5/c1-2-22-20(26)15-4-3-5-16(10-15)23-18(24)12-28-19(25)13-27-17-8-6-14(11-21)7-9-17/h3-10H,2,12-13H2,1H3,(H,22,26)(H,23,24). The average Bonchev–Trinajstić information content (AvgIpc) is 2.71. The van der Waals surface area contributed by atoms with Crippen LogP contribution in [0.15, 0.2) is 48.5 Å². The number of nitrogens with one attached hydrogen (secondary N) is 2. The summed E-state index contributed by atoms with van der Waals surface area (Å²) in [5.74, 6) is -1.09. The van der Waals surface area contributed by atoms with Crippen molar-refractivity contribution in [1.82, 2.24) is 5.32 Å². The summed E-state index contributed by atoms with van der Waals surface area (Å²) in [6.07, 6.45) is 0. The van der Waals surface area contributed by atoms with Crippen molar-refractivity contribution in [3.8, 4) is 11.8 Å². The molecule has 0 bridgehead atoms. The fraction of sp³-hybridized carbons (Fsp3) is 0.200. The SMILES string of the molecule is CCNC(=O)c1cccc(NC(=O)COC(=O)COc2ccc(C#N)cc2)c1. The van der Waals surface area contributed by atoms with Gasteiger partial charge in [-0.3, -0.25) is 9.59 Å². The van der Waals surface area contributed by atoms with Crippen LogP contribution in [0.5, 0.6) is 5.75 Å². The predicted molar refractivity (Wildman–Crippen MR) is 101 cm³/mol. The maximum atomic E-state index is 11.9. The molecular formula is C20H19N3O5. The minimum atomic E-state index is -0.712. The molecule has 2 N–H and O–H groups in total. The molecule has 28 heavy (non-hydrogen) atoms. The number of rotatable bonds is 8. The summed E-state index contributed by atoms with van der Waals surface area (Å²) in [7, 11) is 0. The van der Waals surface area contributed by atoms with Crippen molar-refractivity contribution in [3.63, 3.8) is 0 Å². The molecule has 8 heteroatoms. The first-order valence-corrected chi connectivity index (χ1v) is 8.48. The van der Waals surface area contributed by atoms with E-state index in [1.54, 1.807) is 42.5 Å². The lowest BCUT2D eigenvalue weighted by molar-refractivity contribution is -0.149. The number of ether oxygens (including phenoxy) is 2. The van der Waals surface area contributed by atoms with Gasteiger partial charge >= 0.3 is 5.97 Å². The van der Waals surface area contributed by atoms with Gasteiger partial charge in [0.2, 0.25) is 0 Å². The lowest BCUT2D eigenvalue weighted by Gasteiger charge is -2.09. The van der Waals surface area contributed by atoms with Crippen molar-refractivity contribution in [3.05, 3.63) is 59.7 Å². The van der Waals surface area contributed by atoms with E-state index in [4.69, 9.17) is 14.7 Å². The summed E-state index contributed by atoms with van der Waals surface area (Å²) in [6, 6.07) is 14.6. The van der Waals surface area contributed by atoms with Crippen LogP contribution in [0.1, 0.15) is 22.8 Å². The fourth-order valence-corrected chi connectivity index (χ4v) is 2.15. The number of carbonyl (C=O) groups is 3. The molecule has 2 aromatic rings. The van der Waals surface area contributed by atoms with Crippen LogP contribution in [0.25, 0.3) is 0 Å². The molecule has 0 fully saturated rings. The van der Waals surface area contributed by atoms with E-state index in [0.717, 1.165) is 0 Å². The van der Waals surface area contributed by atoms with Crippen LogP contribution in [0.3, 0.4) is 0 Å². The number of carbonyl (C=O) groups excluding carboxylic acids is 3. The first kappa shape index (κ1) is 20.5. The molecule has 0 aliphatic carbocycles. The van der Waals surface area contributed by atoms with Gasteiger partial charge in [-0.05, 0) is 49.4 Å². The Morgan fingerprint density at radius 2 is 1.82 bits per heavy atom. The quantitative estimate of drug-likeness (QED) is 0.674. The van der Waals surface area contributed by atoms with Gasteiger partial charge in [-0.1, -0.05) is 6.07 Å². The minimum Gasteiger partial charge on any atom is -0.482 e. The highest BCUT2D eigenvalue weighted by Crippen LogP contribution is 2.12.